The van der Waals surface area contributed by atoms with Crippen LogP contribution < -0.4 is 28.0 Å². The quantitative estimate of drug-likeness (QED) is 0.312. The van der Waals surface area contributed by atoms with Gasteiger partial charge < -0.3 is 24.1 Å². The molecule has 0 aromatic heterocycles. The van der Waals surface area contributed by atoms with Gasteiger partial charge in [-0.05, 0) is 48.5 Å². The summed E-state index contributed by atoms with van der Waals surface area (Å²) in [6.45, 7) is 0. The molecule has 228 valence electrons. The third-order valence-electron chi connectivity index (χ3n) is 6.54. The molecule has 1 aliphatic rings. The van der Waals surface area contributed by atoms with E-state index in [0.29, 0.717) is 11.5 Å². The third kappa shape index (κ3) is 6.21. The average Bonchev–Trinajstić information content (AvgIpc) is 3.23. The number of rotatable bonds is 11. The summed E-state index contributed by atoms with van der Waals surface area (Å²) >= 11 is 0. The number of nitrogens with zero attached hydrogens (tertiary/aromatic N) is 1. The van der Waals surface area contributed by atoms with E-state index in [4.69, 9.17) is 18.9 Å². The van der Waals surface area contributed by atoms with E-state index in [1.807, 2.05) is 0 Å². The van der Waals surface area contributed by atoms with E-state index in [1.54, 1.807) is 0 Å². The first-order valence-electron chi connectivity index (χ1n) is 12.3. The predicted octanol–water partition coefficient (Wildman–Crippen LogP) is 1.87. The first kappa shape index (κ1) is 31.2. The van der Waals surface area contributed by atoms with E-state index in [9.17, 15) is 30.4 Å². The maximum atomic E-state index is 14.0. The molecule has 13 nitrogen and oxygen atoms in total. The molecule has 1 aliphatic heterocycles. The molecule has 2 N–H and O–H groups in total. The molecule has 1 heterocycles. The molecule has 1 fully saturated rings. The molecule has 4 rings (SSSR count). The second kappa shape index (κ2) is 11.9. The number of sulfonamides is 2. The molecule has 3 aromatic rings. The summed E-state index contributed by atoms with van der Waals surface area (Å²) in [5.41, 5.74) is 0.0644. The van der Waals surface area contributed by atoms with Crippen LogP contribution >= 0.6 is 0 Å². The van der Waals surface area contributed by atoms with Gasteiger partial charge in [0.25, 0.3) is 20.0 Å². The topological polar surface area (TPSA) is 175 Å². The molecule has 2 atom stereocenters. The Morgan fingerprint density at radius 2 is 1.29 bits per heavy atom. The summed E-state index contributed by atoms with van der Waals surface area (Å²) in [4.78, 5) is -0.455. The van der Waals surface area contributed by atoms with Crippen molar-refractivity contribution in [3.05, 3.63) is 60.7 Å². The van der Waals surface area contributed by atoms with E-state index in [0.717, 1.165) is 4.31 Å². The Bertz CT molecular complexity index is 1780. The Hall–Kier alpha value is -3.73. The smallest absolute Gasteiger partial charge is 0.268 e. The number of anilines is 2. The third-order valence-corrected chi connectivity index (χ3v) is 11.5. The van der Waals surface area contributed by atoms with Crippen LogP contribution in [0.1, 0.15) is 0 Å². The van der Waals surface area contributed by atoms with Gasteiger partial charge in [-0.2, -0.15) is 0 Å². The van der Waals surface area contributed by atoms with E-state index in [2.05, 4.69) is 4.72 Å². The van der Waals surface area contributed by atoms with Crippen molar-refractivity contribution >= 4 is 41.3 Å². The number of nitrogens with one attached hydrogen (secondary N) is 1. The molecular formula is C26H30N2O11S3. The average molecular weight is 643 g/mol. The van der Waals surface area contributed by atoms with Crippen molar-refractivity contribution in [3.63, 3.8) is 0 Å². The summed E-state index contributed by atoms with van der Waals surface area (Å²) in [5, 5.41) is 10.6. The highest BCUT2D eigenvalue weighted by molar-refractivity contribution is 7.93. The highest BCUT2D eigenvalue weighted by Gasteiger charge is 2.45. The summed E-state index contributed by atoms with van der Waals surface area (Å²) in [6.07, 6.45) is -1.52. The van der Waals surface area contributed by atoms with Crippen LogP contribution in [0.4, 0.5) is 11.4 Å². The van der Waals surface area contributed by atoms with E-state index < -0.39 is 53.5 Å². The van der Waals surface area contributed by atoms with Crippen LogP contribution in [0.15, 0.2) is 70.5 Å². The number of hydrogen-bond acceptors (Lipinski definition) is 11. The zero-order chi connectivity index (χ0) is 30.9. The summed E-state index contributed by atoms with van der Waals surface area (Å²) in [6, 6.07) is 12.1. The minimum Gasteiger partial charge on any atom is -0.497 e. The van der Waals surface area contributed by atoms with Crippen molar-refractivity contribution in [2.45, 2.75) is 21.9 Å². The Kier molecular flexibility index (Phi) is 8.82. The van der Waals surface area contributed by atoms with Crippen molar-refractivity contribution in [1.29, 1.82) is 0 Å². The normalized spacial score (nSPS) is 18.2. The monoisotopic (exact) mass is 642 g/mol. The lowest BCUT2D eigenvalue weighted by molar-refractivity contribution is 0.184. The molecule has 0 bridgehead atoms. The Balaban J connectivity index is 1.75. The van der Waals surface area contributed by atoms with Gasteiger partial charge in [-0.25, -0.2) is 25.3 Å². The van der Waals surface area contributed by atoms with E-state index in [1.165, 1.54) is 89.1 Å². The lowest BCUT2D eigenvalue weighted by Crippen LogP contribution is -2.47. The van der Waals surface area contributed by atoms with Crippen LogP contribution in [0.5, 0.6) is 23.0 Å². The summed E-state index contributed by atoms with van der Waals surface area (Å²) < 4.78 is 103. The van der Waals surface area contributed by atoms with Crippen molar-refractivity contribution in [3.8, 4) is 23.0 Å². The highest BCUT2D eigenvalue weighted by Crippen LogP contribution is 2.37. The maximum absolute atomic E-state index is 14.0. The molecular weight excluding hydrogens is 612 g/mol. The predicted molar refractivity (Wildman–Crippen MR) is 154 cm³/mol. The van der Waals surface area contributed by atoms with Gasteiger partial charge in [0, 0.05) is 17.8 Å². The number of aliphatic hydroxyl groups excluding tert-OH is 1. The standard InChI is InChI=1S/C26H30N2O11S3/c1-36-19-9-11-25(23(13-19)38-3)41(32,33)27-17-5-7-18(8-6-17)28(21-15-40(30,31)16-22(21)29)42(34,35)26-12-10-20(37-2)14-24(26)39-4/h5-14,21-22,27,29H,15-16H2,1-4H3/t21-,22-/m0/s1. The maximum Gasteiger partial charge on any atom is 0.268 e. The Labute approximate surface area is 244 Å². The zero-order valence-electron chi connectivity index (χ0n) is 23.0. The summed E-state index contributed by atoms with van der Waals surface area (Å²) in [7, 11) is -7.04. The molecule has 16 heteroatoms. The highest BCUT2D eigenvalue weighted by atomic mass is 32.2. The molecule has 0 amide bonds. The van der Waals surface area contributed by atoms with Crippen molar-refractivity contribution in [2.24, 2.45) is 0 Å². The van der Waals surface area contributed by atoms with Gasteiger partial charge in [0.05, 0.1) is 57.8 Å². The Morgan fingerprint density at radius 3 is 1.76 bits per heavy atom. The van der Waals surface area contributed by atoms with Crippen molar-refractivity contribution in [1.82, 2.24) is 0 Å². The van der Waals surface area contributed by atoms with Gasteiger partial charge in [-0.1, -0.05) is 0 Å². The van der Waals surface area contributed by atoms with Crippen LogP contribution in [-0.2, 0) is 29.9 Å². The SMILES string of the molecule is COc1ccc(S(=O)(=O)Nc2ccc(N([C@H]3CS(=O)(=O)C[C@@H]3O)S(=O)(=O)c3ccc(OC)cc3OC)cc2)c(OC)c1. The lowest BCUT2D eigenvalue weighted by atomic mass is 10.2. The minimum atomic E-state index is -4.53. The van der Waals surface area contributed by atoms with Crippen LogP contribution in [0, 0.1) is 0 Å². The van der Waals surface area contributed by atoms with Gasteiger partial charge in [0.1, 0.15) is 32.8 Å². The first-order chi connectivity index (χ1) is 19.8. The molecule has 3 aromatic carbocycles. The first-order valence-corrected chi connectivity index (χ1v) is 17.0. The molecule has 0 saturated carbocycles. The molecule has 0 unspecified atom stereocenters. The molecule has 0 spiro atoms. The lowest BCUT2D eigenvalue weighted by Gasteiger charge is -2.32. The molecule has 0 radical (unpaired) electrons. The fourth-order valence-electron chi connectivity index (χ4n) is 4.52. The van der Waals surface area contributed by atoms with Gasteiger partial charge >= 0.3 is 0 Å². The molecule has 1 saturated heterocycles. The summed E-state index contributed by atoms with van der Waals surface area (Å²) in [5.74, 6) is -0.553. The van der Waals surface area contributed by atoms with Crippen LogP contribution in [0.3, 0.4) is 0 Å². The number of ether oxygens (including phenoxy) is 4. The van der Waals surface area contributed by atoms with Gasteiger partial charge in [-0.15, -0.1) is 0 Å². The van der Waals surface area contributed by atoms with E-state index in [-0.39, 0.29) is 32.7 Å². The van der Waals surface area contributed by atoms with Gasteiger partial charge in [0.15, 0.2) is 9.84 Å². The fourth-order valence-corrected chi connectivity index (χ4v) is 9.41. The van der Waals surface area contributed by atoms with Crippen LogP contribution in [0.25, 0.3) is 0 Å². The number of benzene rings is 3. The number of sulfone groups is 1. The van der Waals surface area contributed by atoms with Gasteiger partial charge in [-0.3, -0.25) is 9.03 Å². The second-order valence-corrected chi connectivity index (χ2v) is 14.8. The molecule has 42 heavy (non-hydrogen) atoms. The largest absolute Gasteiger partial charge is 0.497 e. The second-order valence-electron chi connectivity index (χ2n) is 9.20. The van der Waals surface area contributed by atoms with Crippen molar-refractivity contribution < 1.29 is 49.3 Å². The van der Waals surface area contributed by atoms with Crippen molar-refractivity contribution in [2.75, 3.05) is 49.0 Å². The van der Waals surface area contributed by atoms with Crippen LogP contribution in [0.2, 0.25) is 0 Å². The Morgan fingerprint density at radius 1 is 0.762 bits per heavy atom. The van der Waals surface area contributed by atoms with Gasteiger partial charge in [0.2, 0.25) is 0 Å². The number of hydrogen-bond donors (Lipinski definition) is 2. The number of methoxy groups -OCH3 is 4. The zero-order valence-corrected chi connectivity index (χ0v) is 25.5. The van der Waals surface area contributed by atoms with Crippen LogP contribution in [-0.4, -0.2) is 82.5 Å². The fraction of sp³-hybridized carbons (Fsp3) is 0.308. The number of aliphatic hydroxyl groups is 1. The van der Waals surface area contributed by atoms with E-state index >= 15 is 0 Å². The minimum absolute atomic E-state index is 0.0148. The molecule has 0 aliphatic carbocycles.